The molecule has 1 atom stereocenters. The number of anilines is 1. The van der Waals surface area contributed by atoms with Crippen LogP contribution in [-0.4, -0.2) is 24.0 Å². The number of carbonyl (C=O) groups excluding carboxylic acids is 1. The largest absolute Gasteiger partial charge is 0.481 e. The second kappa shape index (κ2) is 9.05. The Bertz CT molecular complexity index is 1090. The number of benzene rings is 2. The zero-order chi connectivity index (χ0) is 21.7. The van der Waals surface area contributed by atoms with Crippen molar-refractivity contribution in [1.29, 1.82) is 5.26 Å². The Hall–Kier alpha value is -3.92. The molecule has 0 unspecified atom stereocenters. The molecule has 0 aliphatic heterocycles. The molecule has 152 valence electrons. The van der Waals surface area contributed by atoms with Crippen molar-refractivity contribution in [2.75, 3.05) is 11.9 Å². The first-order chi connectivity index (χ1) is 14.4. The third-order valence-corrected chi connectivity index (χ3v) is 4.35. The van der Waals surface area contributed by atoms with Crippen LogP contribution in [0.25, 0.3) is 0 Å². The van der Waals surface area contributed by atoms with Crippen LogP contribution in [0.1, 0.15) is 18.1 Å². The van der Waals surface area contributed by atoms with Crippen LogP contribution >= 0.6 is 0 Å². The first kappa shape index (κ1) is 20.8. The Labute approximate surface area is 174 Å². The maximum Gasteiger partial charge on any atom is 0.268 e. The molecule has 30 heavy (non-hydrogen) atoms. The Morgan fingerprint density at radius 2 is 1.83 bits per heavy atom. The van der Waals surface area contributed by atoms with Crippen molar-refractivity contribution in [2.24, 2.45) is 0 Å². The predicted octanol–water partition coefficient (Wildman–Crippen LogP) is 4.62. The maximum atomic E-state index is 14.0. The highest BCUT2D eigenvalue weighted by Gasteiger charge is 2.21. The Morgan fingerprint density at radius 1 is 1.13 bits per heavy atom. The van der Waals surface area contributed by atoms with Crippen LogP contribution in [0.4, 0.5) is 10.2 Å². The molecular formula is C23H20FN3O3. The zero-order valence-corrected chi connectivity index (χ0v) is 16.8. The molecular weight excluding hydrogens is 385 g/mol. The van der Waals surface area contributed by atoms with E-state index in [1.807, 2.05) is 25.1 Å². The number of likely N-dealkylation sites (N-methyl/N-ethyl adjacent to an activating group) is 1. The van der Waals surface area contributed by atoms with E-state index in [0.717, 1.165) is 11.6 Å². The monoisotopic (exact) mass is 405 g/mol. The summed E-state index contributed by atoms with van der Waals surface area (Å²) in [4.78, 5) is 18.3. The predicted molar refractivity (Wildman–Crippen MR) is 110 cm³/mol. The molecule has 6 nitrogen and oxygen atoms in total. The number of carbonyl (C=O) groups is 1. The average molecular weight is 405 g/mol. The van der Waals surface area contributed by atoms with Gasteiger partial charge < -0.3 is 9.47 Å². The number of nitriles is 1. The molecule has 3 rings (SSSR count). The molecule has 1 amide bonds. The Kier molecular flexibility index (Phi) is 6.28. The van der Waals surface area contributed by atoms with Crippen LogP contribution in [-0.2, 0) is 4.79 Å². The van der Waals surface area contributed by atoms with Gasteiger partial charge in [-0.3, -0.25) is 9.69 Å². The molecule has 1 aromatic heterocycles. The second-order valence-corrected chi connectivity index (χ2v) is 6.68. The number of amides is 1. The normalized spacial score (nSPS) is 11.3. The van der Waals surface area contributed by atoms with Gasteiger partial charge in [-0.05, 0) is 74.0 Å². The number of aryl methyl sites for hydroxylation is 1. The molecule has 7 heteroatoms. The summed E-state index contributed by atoms with van der Waals surface area (Å²) in [5.74, 6) is 0.553. The summed E-state index contributed by atoms with van der Waals surface area (Å²) >= 11 is 0. The zero-order valence-electron chi connectivity index (χ0n) is 16.8. The van der Waals surface area contributed by atoms with Gasteiger partial charge in [-0.15, -0.1) is 0 Å². The molecule has 2 aromatic carbocycles. The fourth-order valence-electron chi connectivity index (χ4n) is 2.71. The van der Waals surface area contributed by atoms with E-state index < -0.39 is 11.9 Å². The van der Waals surface area contributed by atoms with Crippen molar-refractivity contribution in [3.63, 3.8) is 0 Å². The quantitative estimate of drug-likeness (QED) is 0.598. The number of hydrogen-bond acceptors (Lipinski definition) is 5. The smallest absolute Gasteiger partial charge is 0.268 e. The molecule has 3 aromatic rings. The summed E-state index contributed by atoms with van der Waals surface area (Å²) in [6.07, 6.45) is 0.912. The molecule has 1 heterocycles. The lowest BCUT2D eigenvalue weighted by molar-refractivity contribution is -0.124. The summed E-state index contributed by atoms with van der Waals surface area (Å²) in [6, 6.07) is 16.0. The van der Waals surface area contributed by atoms with E-state index in [-0.39, 0.29) is 17.2 Å². The van der Waals surface area contributed by atoms with Crippen LogP contribution < -0.4 is 14.4 Å². The number of nitrogens with zero attached hydrogens (tertiary/aromatic N) is 3. The van der Waals surface area contributed by atoms with E-state index in [1.54, 1.807) is 44.4 Å². The topological polar surface area (TPSA) is 75.5 Å². The number of pyridine rings is 1. The molecule has 0 radical (unpaired) electrons. The van der Waals surface area contributed by atoms with Gasteiger partial charge >= 0.3 is 0 Å². The number of rotatable bonds is 6. The summed E-state index contributed by atoms with van der Waals surface area (Å²) in [5, 5.41) is 8.79. The Morgan fingerprint density at radius 3 is 2.47 bits per heavy atom. The fourth-order valence-corrected chi connectivity index (χ4v) is 2.71. The standard InChI is InChI=1S/C23H20FN3O3/c1-15-10-11-26-22(12-15)27(3)23(28)16(2)29-18-5-7-19(8-6-18)30-21-9-4-17(14-25)13-20(21)24/h4-13,16H,1-3H3/t16-/m1/s1. The van der Waals surface area contributed by atoms with Crippen LogP contribution in [0.15, 0.2) is 60.8 Å². The minimum atomic E-state index is -0.736. The summed E-state index contributed by atoms with van der Waals surface area (Å²) in [6.45, 7) is 3.59. The van der Waals surface area contributed by atoms with Crippen molar-refractivity contribution < 1.29 is 18.7 Å². The van der Waals surface area contributed by atoms with E-state index in [2.05, 4.69) is 4.98 Å². The highest BCUT2D eigenvalue weighted by Crippen LogP contribution is 2.27. The van der Waals surface area contributed by atoms with Gasteiger partial charge in [0.1, 0.15) is 17.3 Å². The molecule has 0 spiro atoms. The fraction of sp³-hybridized carbons (Fsp3) is 0.174. The van der Waals surface area contributed by atoms with Gasteiger partial charge in [0.25, 0.3) is 5.91 Å². The average Bonchev–Trinajstić information content (AvgIpc) is 2.75. The summed E-state index contributed by atoms with van der Waals surface area (Å²) in [5.41, 5.74) is 1.22. The van der Waals surface area contributed by atoms with E-state index in [0.29, 0.717) is 17.3 Å². The minimum absolute atomic E-state index is 0.0125. The lowest BCUT2D eigenvalue weighted by Gasteiger charge is -2.21. The van der Waals surface area contributed by atoms with Gasteiger partial charge in [-0.2, -0.15) is 5.26 Å². The van der Waals surface area contributed by atoms with Crippen LogP contribution in [0.5, 0.6) is 17.2 Å². The molecule has 0 fully saturated rings. The number of hydrogen-bond donors (Lipinski definition) is 0. The van der Waals surface area contributed by atoms with E-state index in [1.165, 1.54) is 17.0 Å². The lowest BCUT2D eigenvalue weighted by atomic mass is 10.2. The minimum Gasteiger partial charge on any atom is -0.481 e. The maximum absolute atomic E-state index is 14.0. The highest BCUT2D eigenvalue weighted by molar-refractivity contribution is 5.95. The summed E-state index contributed by atoms with van der Waals surface area (Å²) < 4.78 is 25.2. The number of ether oxygens (including phenoxy) is 2. The van der Waals surface area contributed by atoms with Crippen LogP contribution in [0.2, 0.25) is 0 Å². The first-order valence-corrected chi connectivity index (χ1v) is 9.22. The van der Waals surface area contributed by atoms with E-state index in [4.69, 9.17) is 14.7 Å². The molecule has 0 aliphatic rings. The van der Waals surface area contributed by atoms with Gasteiger partial charge in [0.05, 0.1) is 11.6 Å². The van der Waals surface area contributed by atoms with E-state index >= 15 is 0 Å². The molecule has 0 saturated heterocycles. The highest BCUT2D eigenvalue weighted by atomic mass is 19.1. The van der Waals surface area contributed by atoms with Gasteiger partial charge in [0.2, 0.25) is 0 Å². The van der Waals surface area contributed by atoms with Crippen molar-refractivity contribution in [2.45, 2.75) is 20.0 Å². The summed E-state index contributed by atoms with van der Waals surface area (Å²) in [7, 11) is 1.65. The van der Waals surface area contributed by atoms with Gasteiger partial charge in [-0.25, -0.2) is 9.37 Å². The van der Waals surface area contributed by atoms with Crippen LogP contribution in [0, 0.1) is 24.1 Å². The Balaban J connectivity index is 1.63. The molecule has 0 saturated carbocycles. The third-order valence-electron chi connectivity index (χ3n) is 4.35. The van der Waals surface area contributed by atoms with Crippen molar-refractivity contribution >= 4 is 11.7 Å². The second-order valence-electron chi connectivity index (χ2n) is 6.68. The van der Waals surface area contributed by atoms with Gasteiger partial charge in [-0.1, -0.05) is 0 Å². The molecule has 0 aliphatic carbocycles. The van der Waals surface area contributed by atoms with Crippen LogP contribution in [0.3, 0.4) is 0 Å². The third kappa shape index (κ3) is 4.92. The van der Waals surface area contributed by atoms with Gasteiger partial charge in [0.15, 0.2) is 17.7 Å². The molecule has 0 bridgehead atoms. The van der Waals surface area contributed by atoms with Crippen molar-refractivity contribution in [1.82, 2.24) is 4.98 Å². The van der Waals surface area contributed by atoms with Crippen molar-refractivity contribution in [3.8, 4) is 23.3 Å². The van der Waals surface area contributed by atoms with Crippen molar-refractivity contribution in [3.05, 3.63) is 77.7 Å². The lowest BCUT2D eigenvalue weighted by Crippen LogP contribution is -2.38. The first-order valence-electron chi connectivity index (χ1n) is 9.22. The number of halogens is 1. The SMILES string of the molecule is Cc1ccnc(N(C)C(=O)[C@@H](C)Oc2ccc(Oc3ccc(C#N)cc3F)cc2)c1. The van der Waals surface area contributed by atoms with E-state index in [9.17, 15) is 9.18 Å². The molecule has 0 N–H and O–H groups in total. The number of aromatic nitrogens is 1. The van der Waals surface area contributed by atoms with Gasteiger partial charge in [0, 0.05) is 13.2 Å².